The molecule has 0 spiro atoms. The number of nitrogens with zero attached hydrogens (tertiary/aromatic N) is 4. The molecule has 47 heavy (non-hydrogen) atoms. The van der Waals surface area contributed by atoms with Gasteiger partial charge in [0, 0.05) is 61.2 Å². The highest BCUT2D eigenvalue weighted by Gasteiger charge is 2.18. The Bertz CT molecular complexity index is 1780. The molecule has 3 amide bonds. The molecule has 2 aromatic carbocycles. The SMILES string of the molecule is CCn1ccc(-c2cc(-c3cnn(C)c3)cc([C@@H](C)NC(=O)c3ccccc3CCC(=O)NNC(=O)/C=C/C(=O)OC(C)(C)C)c2)n1. The van der Waals surface area contributed by atoms with Gasteiger partial charge in [0.25, 0.3) is 11.8 Å². The Morgan fingerprint density at radius 3 is 2.40 bits per heavy atom. The van der Waals surface area contributed by atoms with Gasteiger partial charge in [-0.25, -0.2) is 4.79 Å². The van der Waals surface area contributed by atoms with Gasteiger partial charge >= 0.3 is 5.97 Å². The van der Waals surface area contributed by atoms with Crippen LogP contribution in [0, 0.1) is 0 Å². The lowest BCUT2D eigenvalue weighted by molar-refractivity contribution is -0.148. The van der Waals surface area contributed by atoms with E-state index in [0.717, 1.165) is 46.6 Å². The van der Waals surface area contributed by atoms with Crippen molar-refractivity contribution >= 4 is 23.7 Å². The lowest BCUT2D eigenvalue weighted by atomic mass is 9.96. The lowest BCUT2D eigenvalue weighted by Gasteiger charge is -2.18. The molecule has 0 bridgehead atoms. The third-order valence-electron chi connectivity index (χ3n) is 7.09. The fraction of sp³-hybridized carbons (Fsp3) is 0.314. The van der Waals surface area contributed by atoms with Crippen molar-refractivity contribution in [2.45, 2.75) is 65.6 Å². The van der Waals surface area contributed by atoms with Crippen molar-refractivity contribution in [1.29, 1.82) is 0 Å². The molecule has 0 aliphatic heterocycles. The first-order chi connectivity index (χ1) is 22.3. The molecule has 3 N–H and O–H groups in total. The third-order valence-corrected chi connectivity index (χ3v) is 7.09. The quantitative estimate of drug-likeness (QED) is 0.125. The fourth-order valence-electron chi connectivity index (χ4n) is 4.76. The van der Waals surface area contributed by atoms with Gasteiger partial charge in [-0.2, -0.15) is 10.2 Å². The number of carbonyl (C=O) groups excluding carboxylic acids is 4. The number of aromatic nitrogens is 4. The summed E-state index contributed by atoms with van der Waals surface area (Å²) in [6.07, 6.45) is 7.91. The predicted molar refractivity (Wildman–Crippen MR) is 177 cm³/mol. The summed E-state index contributed by atoms with van der Waals surface area (Å²) in [5.74, 6) is -2.10. The van der Waals surface area contributed by atoms with Gasteiger partial charge in [-0.1, -0.05) is 18.2 Å². The Labute approximate surface area is 274 Å². The summed E-state index contributed by atoms with van der Waals surface area (Å²) in [4.78, 5) is 49.7. The highest BCUT2D eigenvalue weighted by molar-refractivity contribution is 5.97. The molecule has 0 saturated carbocycles. The monoisotopic (exact) mass is 639 g/mol. The van der Waals surface area contributed by atoms with E-state index in [4.69, 9.17) is 4.74 Å². The average Bonchev–Trinajstić information content (AvgIpc) is 3.70. The van der Waals surface area contributed by atoms with Crippen LogP contribution in [0.2, 0.25) is 0 Å². The van der Waals surface area contributed by atoms with Crippen molar-refractivity contribution < 1.29 is 23.9 Å². The van der Waals surface area contributed by atoms with Crippen LogP contribution in [0.3, 0.4) is 0 Å². The van der Waals surface area contributed by atoms with E-state index >= 15 is 0 Å². The molecule has 0 fully saturated rings. The average molecular weight is 640 g/mol. The van der Waals surface area contributed by atoms with Crippen molar-refractivity contribution in [1.82, 2.24) is 35.7 Å². The standard InChI is InChI=1S/C35H41N7O5/c1-7-42-17-16-30(40-42)27-19-25(18-26(20-27)28-21-36-41(6)22-28)23(2)37-34(46)29-11-9-8-10-24(29)12-13-31(43)38-39-32(44)14-15-33(45)47-35(3,4)5/h8-11,14-23H,7,12-13H2,1-6H3,(H,37,46)(H,38,43)(H,39,44)/b15-14+/t23-/m1/s1. The van der Waals surface area contributed by atoms with Crippen LogP contribution in [0.4, 0.5) is 0 Å². The zero-order valence-corrected chi connectivity index (χ0v) is 27.5. The number of hydrogen-bond donors (Lipinski definition) is 3. The van der Waals surface area contributed by atoms with Crippen LogP contribution < -0.4 is 16.2 Å². The molecular weight excluding hydrogens is 598 g/mol. The van der Waals surface area contributed by atoms with E-state index in [1.807, 2.05) is 56.2 Å². The second-order valence-corrected chi connectivity index (χ2v) is 12.1. The summed E-state index contributed by atoms with van der Waals surface area (Å²) in [7, 11) is 1.86. The van der Waals surface area contributed by atoms with Crippen molar-refractivity contribution in [3.8, 4) is 22.4 Å². The highest BCUT2D eigenvalue weighted by Crippen LogP contribution is 2.30. The Kier molecular flexibility index (Phi) is 11.1. The fourth-order valence-corrected chi connectivity index (χ4v) is 4.76. The number of ether oxygens (including phenoxy) is 1. The molecule has 4 aromatic rings. The predicted octanol–water partition coefficient (Wildman–Crippen LogP) is 4.44. The maximum Gasteiger partial charge on any atom is 0.331 e. The van der Waals surface area contributed by atoms with E-state index in [9.17, 15) is 19.2 Å². The van der Waals surface area contributed by atoms with E-state index in [-0.39, 0.29) is 24.8 Å². The Hall–Kier alpha value is -5.52. The minimum absolute atomic E-state index is 0.0107. The summed E-state index contributed by atoms with van der Waals surface area (Å²) in [6, 6.07) is 14.8. The van der Waals surface area contributed by atoms with Crippen LogP contribution in [0.5, 0.6) is 0 Å². The minimum atomic E-state index is -0.689. The second-order valence-electron chi connectivity index (χ2n) is 12.1. The van der Waals surface area contributed by atoms with Crippen LogP contribution in [-0.2, 0) is 39.1 Å². The van der Waals surface area contributed by atoms with Gasteiger partial charge in [-0.15, -0.1) is 0 Å². The maximum atomic E-state index is 13.5. The minimum Gasteiger partial charge on any atom is -0.457 e. The Morgan fingerprint density at radius 1 is 0.979 bits per heavy atom. The third kappa shape index (κ3) is 9.98. The number of carbonyl (C=O) groups is 4. The van der Waals surface area contributed by atoms with Crippen LogP contribution >= 0.6 is 0 Å². The first-order valence-corrected chi connectivity index (χ1v) is 15.4. The number of benzene rings is 2. The topological polar surface area (TPSA) is 149 Å². The van der Waals surface area contributed by atoms with Crippen LogP contribution in [0.15, 0.2) is 79.3 Å². The Morgan fingerprint density at radius 2 is 1.72 bits per heavy atom. The second kappa shape index (κ2) is 15.2. The summed E-state index contributed by atoms with van der Waals surface area (Å²) in [6.45, 7) is 9.85. The largest absolute Gasteiger partial charge is 0.457 e. The number of esters is 1. The highest BCUT2D eigenvalue weighted by atomic mass is 16.6. The van der Waals surface area contributed by atoms with Crippen molar-refractivity contribution in [2.75, 3.05) is 0 Å². The van der Waals surface area contributed by atoms with Gasteiger partial charge in [0.2, 0.25) is 5.91 Å². The number of amides is 3. The van der Waals surface area contributed by atoms with E-state index in [1.165, 1.54) is 0 Å². The molecule has 0 saturated heterocycles. The summed E-state index contributed by atoms with van der Waals surface area (Å²) < 4.78 is 8.71. The summed E-state index contributed by atoms with van der Waals surface area (Å²) in [5.41, 5.74) is 9.54. The molecular formula is C35H41N7O5. The zero-order chi connectivity index (χ0) is 34.1. The molecule has 0 radical (unpaired) electrons. The molecule has 0 aliphatic carbocycles. The van der Waals surface area contributed by atoms with Gasteiger partial charge in [-0.3, -0.25) is 34.6 Å². The molecule has 246 valence electrons. The van der Waals surface area contributed by atoms with Gasteiger partial charge in [0.15, 0.2) is 0 Å². The zero-order valence-electron chi connectivity index (χ0n) is 27.5. The first kappa shape index (κ1) is 34.4. The molecule has 12 nitrogen and oxygen atoms in total. The van der Waals surface area contributed by atoms with E-state index in [0.29, 0.717) is 11.1 Å². The molecule has 0 unspecified atom stereocenters. The van der Waals surface area contributed by atoms with Crippen LogP contribution in [0.1, 0.15) is 68.6 Å². The smallest absolute Gasteiger partial charge is 0.331 e. The summed E-state index contributed by atoms with van der Waals surface area (Å²) >= 11 is 0. The maximum absolute atomic E-state index is 13.5. The number of nitrogens with one attached hydrogen (secondary N) is 3. The molecule has 12 heteroatoms. The van der Waals surface area contributed by atoms with Crippen molar-refractivity contribution in [2.24, 2.45) is 7.05 Å². The summed E-state index contributed by atoms with van der Waals surface area (Å²) in [5, 5.41) is 12.1. The van der Waals surface area contributed by atoms with Gasteiger partial charge < -0.3 is 10.1 Å². The molecule has 4 rings (SSSR count). The number of aryl methyl sites for hydroxylation is 3. The number of rotatable bonds is 11. The van der Waals surface area contributed by atoms with Crippen LogP contribution in [-0.4, -0.2) is 48.9 Å². The molecule has 2 heterocycles. The Balaban J connectivity index is 1.41. The van der Waals surface area contributed by atoms with E-state index in [2.05, 4.69) is 32.4 Å². The lowest BCUT2D eigenvalue weighted by Crippen LogP contribution is -2.41. The van der Waals surface area contributed by atoms with E-state index < -0.39 is 23.4 Å². The van der Waals surface area contributed by atoms with Crippen LogP contribution in [0.25, 0.3) is 22.4 Å². The normalized spacial score (nSPS) is 12.0. The van der Waals surface area contributed by atoms with Gasteiger partial charge in [0.05, 0.1) is 17.9 Å². The van der Waals surface area contributed by atoms with Gasteiger partial charge in [0.1, 0.15) is 5.60 Å². The molecule has 2 aromatic heterocycles. The van der Waals surface area contributed by atoms with Crippen molar-refractivity contribution in [3.05, 3.63) is 96.0 Å². The number of hydrazine groups is 1. The van der Waals surface area contributed by atoms with Crippen molar-refractivity contribution in [3.63, 3.8) is 0 Å². The van der Waals surface area contributed by atoms with E-state index in [1.54, 1.807) is 55.9 Å². The van der Waals surface area contributed by atoms with Gasteiger partial charge in [-0.05, 0) is 88.1 Å². The molecule has 1 atom stereocenters. The first-order valence-electron chi connectivity index (χ1n) is 15.4. The number of hydrogen-bond acceptors (Lipinski definition) is 7. The molecule has 0 aliphatic rings.